The summed E-state index contributed by atoms with van der Waals surface area (Å²) >= 11 is 0. The van der Waals surface area contributed by atoms with Crippen molar-refractivity contribution in [2.75, 3.05) is 12.0 Å². The van der Waals surface area contributed by atoms with Gasteiger partial charge < -0.3 is 9.64 Å². The maximum atomic E-state index is 13.4. The third kappa shape index (κ3) is 1.85. The molecule has 1 heterocycles. The summed E-state index contributed by atoms with van der Waals surface area (Å²) in [6, 6.07) is 12.5. The predicted octanol–water partition coefficient (Wildman–Crippen LogP) is 3.18. The first kappa shape index (κ1) is 11.7. The van der Waals surface area contributed by atoms with Crippen LogP contribution in [0.25, 0.3) is 0 Å². The molecule has 0 radical (unpaired) electrons. The SMILES string of the molecule is COc1cc(N2Cc3ccccc3C2=N)ccc1F. The quantitative estimate of drug-likeness (QED) is 0.895. The van der Waals surface area contributed by atoms with Gasteiger partial charge in [-0.1, -0.05) is 24.3 Å². The maximum Gasteiger partial charge on any atom is 0.165 e. The molecule has 4 heteroatoms. The zero-order valence-corrected chi connectivity index (χ0v) is 10.5. The molecule has 2 aromatic carbocycles. The van der Waals surface area contributed by atoms with Crippen LogP contribution in [0.1, 0.15) is 11.1 Å². The van der Waals surface area contributed by atoms with Gasteiger partial charge in [0.25, 0.3) is 0 Å². The average Bonchev–Trinajstić information content (AvgIpc) is 2.77. The minimum absolute atomic E-state index is 0.196. The van der Waals surface area contributed by atoms with E-state index in [9.17, 15) is 4.39 Å². The lowest BCUT2D eigenvalue weighted by Crippen LogP contribution is -2.23. The molecule has 0 atom stereocenters. The van der Waals surface area contributed by atoms with Crippen molar-refractivity contribution in [2.45, 2.75) is 6.54 Å². The average molecular weight is 256 g/mol. The second-order valence-electron chi connectivity index (χ2n) is 4.41. The van der Waals surface area contributed by atoms with Crippen LogP contribution in [0.5, 0.6) is 5.75 Å². The highest BCUT2D eigenvalue weighted by molar-refractivity contribution is 6.11. The van der Waals surface area contributed by atoms with E-state index in [1.54, 1.807) is 12.1 Å². The van der Waals surface area contributed by atoms with Gasteiger partial charge in [-0.3, -0.25) is 5.41 Å². The first-order valence-electron chi connectivity index (χ1n) is 5.98. The van der Waals surface area contributed by atoms with E-state index in [-0.39, 0.29) is 5.75 Å². The van der Waals surface area contributed by atoms with E-state index in [0.717, 1.165) is 16.8 Å². The van der Waals surface area contributed by atoms with Gasteiger partial charge >= 0.3 is 0 Å². The number of anilines is 1. The summed E-state index contributed by atoms with van der Waals surface area (Å²) in [5.41, 5.74) is 2.79. The Balaban J connectivity index is 2.00. The molecule has 19 heavy (non-hydrogen) atoms. The van der Waals surface area contributed by atoms with Gasteiger partial charge in [-0.05, 0) is 17.7 Å². The highest BCUT2D eigenvalue weighted by Crippen LogP contribution is 2.31. The fourth-order valence-electron chi connectivity index (χ4n) is 2.32. The summed E-state index contributed by atoms with van der Waals surface area (Å²) in [5, 5.41) is 8.20. The molecular formula is C15H13FN2O. The Morgan fingerprint density at radius 2 is 2.00 bits per heavy atom. The van der Waals surface area contributed by atoms with E-state index in [2.05, 4.69) is 0 Å². The number of methoxy groups -OCH3 is 1. The van der Waals surface area contributed by atoms with Gasteiger partial charge in [0.1, 0.15) is 5.84 Å². The number of amidine groups is 1. The Morgan fingerprint density at radius 1 is 1.21 bits per heavy atom. The zero-order valence-electron chi connectivity index (χ0n) is 10.5. The van der Waals surface area contributed by atoms with Crippen molar-refractivity contribution < 1.29 is 9.13 Å². The molecule has 0 aromatic heterocycles. The number of rotatable bonds is 2. The van der Waals surface area contributed by atoms with Crippen LogP contribution >= 0.6 is 0 Å². The van der Waals surface area contributed by atoms with Gasteiger partial charge in [-0.25, -0.2) is 4.39 Å². The summed E-state index contributed by atoms with van der Waals surface area (Å²) in [6.45, 7) is 0.629. The van der Waals surface area contributed by atoms with E-state index in [1.807, 2.05) is 29.2 Å². The van der Waals surface area contributed by atoms with Gasteiger partial charge in [-0.15, -0.1) is 0 Å². The van der Waals surface area contributed by atoms with Crippen LogP contribution < -0.4 is 9.64 Å². The number of nitrogens with one attached hydrogen (secondary N) is 1. The maximum absolute atomic E-state index is 13.4. The van der Waals surface area contributed by atoms with Gasteiger partial charge in [0, 0.05) is 17.3 Å². The van der Waals surface area contributed by atoms with Crippen molar-refractivity contribution in [2.24, 2.45) is 0 Å². The third-order valence-corrected chi connectivity index (χ3v) is 3.32. The van der Waals surface area contributed by atoms with E-state index >= 15 is 0 Å². The largest absolute Gasteiger partial charge is 0.494 e. The predicted molar refractivity (Wildman–Crippen MR) is 72.4 cm³/mol. The van der Waals surface area contributed by atoms with E-state index in [0.29, 0.717) is 12.4 Å². The van der Waals surface area contributed by atoms with Gasteiger partial charge in [-0.2, -0.15) is 0 Å². The summed E-state index contributed by atoms with van der Waals surface area (Å²) in [4.78, 5) is 1.84. The third-order valence-electron chi connectivity index (χ3n) is 3.32. The van der Waals surface area contributed by atoms with Crippen LogP contribution in [-0.4, -0.2) is 12.9 Å². The molecule has 1 aliphatic heterocycles. The lowest BCUT2D eigenvalue weighted by molar-refractivity contribution is 0.386. The molecule has 0 spiro atoms. The van der Waals surface area contributed by atoms with E-state index < -0.39 is 5.82 Å². The van der Waals surface area contributed by atoms with E-state index in [4.69, 9.17) is 10.1 Å². The molecule has 0 aliphatic carbocycles. The topological polar surface area (TPSA) is 36.3 Å². The molecule has 0 bridgehead atoms. The lowest BCUT2D eigenvalue weighted by atomic mass is 10.1. The highest BCUT2D eigenvalue weighted by atomic mass is 19.1. The molecule has 0 fully saturated rings. The summed E-state index contributed by atoms with van der Waals surface area (Å²) in [6.07, 6.45) is 0. The Labute approximate surface area is 110 Å². The van der Waals surface area contributed by atoms with Crippen molar-refractivity contribution in [1.82, 2.24) is 0 Å². The van der Waals surface area contributed by atoms with Crippen LogP contribution in [0.2, 0.25) is 0 Å². The molecule has 0 saturated heterocycles. The second kappa shape index (κ2) is 4.39. The normalized spacial score (nSPS) is 13.6. The van der Waals surface area contributed by atoms with Crippen molar-refractivity contribution >= 4 is 11.5 Å². The number of ether oxygens (including phenoxy) is 1. The summed E-state index contributed by atoms with van der Waals surface area (Å²) < 4.78 is 18.4. The molecule has 2 aromatic rings. The number of nitrogens with zero attached hydrogens (tertiary/aromatic N) is 1. The number of benzene rings is 2. The standard InChI is InChI=1S/C15H13FN2O/c1-19-14-8-11(6-7-13(14)16)18-9-10-4-2-3-5-12(10)15(18)17/h2-8,17H,9H2,1H3. The minimum atomic E-state index is -0.394. The zero-order chi connectivity index (χ0) is 13.4. The van der Waals surface area contributed by atoms with Crippen molar-refractivity contribution in [1.29, 1.82) is 5.41 Å². The van der Waals surface area contributed by atoms with Crippen molar-refractivity contribution in [3.8, 4) is 5.75 Å². The van der Waals surface area contributed by atoms with Gasteiger partial charge in [0.2, 0.25) is 0 Å². The number of halogens is 1. The molecule has 0 amide bonds. The van der Waals surface area contributed by atoms with Crippen LogP contribution in [0, 0.1) is 11.2 Å². The second-order valence-corrected chi connectivity index (χ2v) is 4.41. The van der Waals surface area contributed by atoms with Crippen LogP contribution in [0.15, 0.2) is 42.5 Å². The fraction of sp³-hybridized carbons (Fsp3) is 0.133. The first-order valence-corrected chi connectivity index (χ1v) is 5.98. The Kier molecular flexibility index (Phi) is 2.71. The molecule has 3 rings (SSSR count). The van der Waals surface area contributed by atoms with Crippen molar-refractivity contribution in [3.05, 3.63) is 59.4 Å². The summed E-state index contributed by atoms with van der Waals surface area (Å²) in [5.74, 6) is 0.236. The molecule has 1 aliphatic rings. The Bertz CT molecular complexity index is 654. The fourth-order valence-corrected chi connectivity index (χ4v) is 2.32. The molecular weight excluding hydrogens is 243 g/mol. The molecule has 0 saturated carbocycles. The monoisotopic (exact) mass is 256 g/mol. The lowest BCUT2D eigenvalue weighted by Gasteiger charge is -2.18. The van der Waals surface area contributed by atoms with Crippen LogP contribution in [0.4, 0.5) is 10.1 Å². The van der Waals surface area contributed by atoms with Crippen molar-refractivity contribution in [3.63, 3.8) is 0 Å². The summed E-state index contributed by atoms with van der Waals surface area (Å²) in [7, 11) is 1.44. The van der Waals surface area contributed by atoms with E-state index in [1.165, 1.54) is 13.2 Å². The van der Waals surface area contributed by atoms with Crippen LogP contribution in [-0.2, 0) is 6.54 Å². The van der Waals surface area contributed by atoms with Gasteiger partial charge in [0.05, 0.1) is 13.7 Å². The minimum Gasteiger partial charge on any atom is -0.494 e. The highest BCUT2D eigenvalue weighted by Gasteiger charge is 2.25. The Morgan fingerprint density at radius 3 is 2.74 bits per heavy atom. The molecule has 3 nitrogen and oxygen atoms in total. The molecule has 0 unspecified atom stereocenters. The Hall–Kier alpha value is -2.36. The van der Waals surface area contributed by atoms with Gasteiger partial charge in [0.15, 0.2) is 11.6 Å². The number of hydrogen-bond donors (Lipinski definition) is 1. The van der Waals surface area contributed by atoms with Crippen LogP contribution in [0.3, 0.4) is 0 Å². The first-order chi connectivity index (χ1) is 9.20. The molecule has 1 N–H and O–H groups in total. The smallest absolute Gasteiger partial charge is 0.165 e. The number of fused-ring (bicyclic) bond motifs is 1. The number of hydrogen-bond acceptors (Lipinski definition) is 2. The molecule has 96 valence electrons.